The van der Waals surface area contributed by atoms with Crippen LogP contribution in [0.1, 0.15) is 63.4 Å². The lowest BCUT2D eigenvalue weighted by Crippen LogP contribution is -2.47. The summed E-state index contributed by atoms with van der Waals surface area (Å²) in [5.41, 5.74) is 7.76. The van der Waals surface area contributed by atoms with Gasteiger partial charge >= 0.3 is 0 Å². The minimum absolute atomic E-state index is 0.00792. The quantitative estimate of drug-likeness (QED) is 0.230. The number of benzene rings is 4. The van der Waals surface area contributed by atoms with Gasteiger partial charge in [0, 0.05) is 34.9 Å². The Morgan fingerprint density at radius 3 is 2.22 bits per heavy atom. The number of anilines is 1. The molecule has 3 aliphatic carbocycles. The molecule has 8 rings (SSSR count). The lowest BCUT2D eigenvalue weighted by Gasteiger charge is -2.50. The molecule has 0 aliphatic heterocycles. The Labute approximate surface area is 243 Å². The highest BCUT2D eigenvalue weighted by atomic mass is 32.1. The zero-order chi connectivity index (χ0) is 28.0. The molecule has 2 bridgehead atoms. The first-order valence-electron chi connectivity index (χ1n) is 13.9. The van der Waals surface area contributed by atoms with E-state index in [1.807, 2.05) is 53.9 Å². The van der Waals surface area contributed by atoms with E-state index in [4.69, 9.17) is 4.98 Å². The first kappa shape index (κ1) is 25.4. The summed E-state index contributed by atoms with van der Waals surface area (Å²) < 4.78 is 0. The van der Waals surface area contributed by atoms with Crippen LogP contribution in [-0.2, 0) is 11.3 Å². The number of aromatic nitrogens is 1. The van der Waals surface area contributed by atoms with Gasteiger partial charge in [0.2, 0.25) is 5.91 Å². The van der Waals surface area contributed by atoms with Crippen LogP contribution in [0.2, 0.25) is 0 Å². The van der Waals surface area contributed by atoms with Crippen LogP contribution >= 0.6 is 11.3 Å². The third-order valence-electron chi connectivity index (χ3n) is 8.59. The summed E-state index contributed by atoms with van der Waals surface area (Å²) in [6.45, 7) is 2.56. The molecule has 0 spiro atoms. The Hall–Kier alpha value is -4.55. The molecule has 1 unspecified atom stereocenters. The van der Waals surface area contributed by atoms with E-state index in [9.17, 15) is 9.59 Å². The van der Waals surface area contributed by atoms with Gasteiger partial charge in [-0.2, -0.15) is 0 Å². The molecular weight excluding hydrogens is 526 g/mol. The van der Waals surface area contributed by atoms with Gasteiger partial charge in [-0.1, -0.05) is 91.0 Å². The fourth-order valence-electron chi connectivity index (χ4n) is 6.59. The first-order chi connectivity index (χ1) is 20.0. The fourth-order valence-corrected chi connectivity index (χ4v) is 7.31. The van der Waals surface area contributed by atoms with Crippen molar-refractivity contribution in [2.24, 2.45) is 5.41 Å². The summed E-state index contributed by atoms with van der Waals surface area (Å²) in [6, 6.07) is 34.4. The molecule has 3 aliphatic rings. The zero-order valence-electron chi connectivity index (χ0n) is 22.6. The molecule has 0 radical (unpaired) electrons. The van der Waals surface area contributed by atoms with E-state index < -0.39 is 5.41 Å². The maximum Gasteiger partial charge on any atom is 0.251 e. The summed E-state index contributed by atoms with van der Waals surface area (Å²) in [5.74, 6) is 0.0444. The van der Waals surface area contributed by atoms with Crippen molar-refractivity contribution in [3.8, 4) is 11.3 Å². The minimum Gasteiger partial charge on any atom is -0.348 e. The second-order valence-corrected chi connectivity index (χ2v) is 12.0. The van der Waals surface area contributed by atoms with Gasteiger partial charge in [0.15, 0.2) is 5.13 Å². The first-order valence-corrected chi connectivity index (χ1v) is 14.8. The molecule has 4 aromatic carbocycles. The van der Waals surface area contributed by atoms with Crippen LogP contribution in [0.5, 0.6) is 0 Å². The maximum absolute atomic E-state index is 14.0. The van der Waals surface area contributed by atoms with Crippen molar-refractivity contribution < 1.29 is 9.59 Å². The zero-order valence-corrected chi connectivity index (χ0v) is 23.4. The van der Waals surface area contributed by atoms with E-state index in [2.05, 4.69) is 66.1 Å². The van der Waals surface area contributed by atoms with Crippen molar-refractivity contribution >= 4 is 28.3 Å². The van der Waals surface area contributed by atoms with Crippen LogP contribution < -0.4 is 10.6 Å². The normalized spacial score (nSPS) is 20.1. The van der Waals surface area contributed by atoms with E-state index in [0.29, 0.717) is 17.2 Å². The smallest absolute Gasteiger partial charge is 0.251 e. The molecule has 41 heavy (non-hydrogen) atoms. The average molecular weight is 556 g/mol. The molecule has 2 N–H and O–H groups in total. The van der Waals surface area contributed by atoms with Crippen LogP contribution in [0.25, 0.3) is 11.3 Å². The Morgan fingerprint density at radius 1 is 0.854 bits per heavy atom. The van der Waals surface area contributed by atoms with Crippen LogP contribution in [0.15, 0.2) is 109 Å². The number of hydrogen-bond acceptors (Lipinski definition) is 4. The number of nitrogens with zero attached hydrogens (tertiary/aromatic N) is 1. The number of carbonyl (C=O) groups excluding carboxylic acids is 2. The summed E-state index contributed by atoms with van der Waals surface area (Å²) in [6.07, 6.45) is 0.760. The molecule has 2 amide bonds. The topological polar surface area (TPSA) is 71.1 Å². The van der Waals surface area contributed by atoms with E-state index >= 15 is 0 Å². The third kappa shape index (κ3) is 4.45. The monoisotopic (exact) mass is 555 g/mol. The predicted molar refractivity (Wildman–Crippen MR) is 163 cm³/mol. The van der Waals surface area contributed by atoms with Crippen LogP contribution in [0.3, 0.4) is 0 Å². The molecule has 202 valence electrons. The predicted octanol–water partition coefficient (Wildman–Crippen LogP) is 7.37. The van der Waals surface area contributed by atoms with Gasteiger partial charge in [0.05, 0.1) is 11.1 Å². The third-order valence-corrected chi connectivity index (χ3v) is 9.35. The number of amides is 2. The number of carbonyl (C=O) groups is 2. The average Bonchev–Trinajstić information content (AvgIpc) is 3.49. The molecule has 1 heterocycles. The SMILES string of the molecule is CC1(C(=O)Nc2nc(-c3cccc(C(=O)NCc4ccccc4)c3)cs2)CC2c3ccccc3C1c1ccccc12. The van der Waals surface area contributed by atoms with Crippen molar-refractivity contribution in [1.29, 1.82) is 0 Å². The van der Waals surface area contributed by atoms with Crippen molar-refractivity contribution in [2.45, 2.75) is 31.7 Å². The molecule has 0 saturated heterocycles. The van der Waals surface area contributed by atoms with E-state index in [1.165, 1.54) is 33.6 Å². The van der Waals surface area contributed by atoms with Gasteiger partial charge in [-0.15, -0.1) is 11.3 Å². The van der Waals surface area contributed by atoms with Crippen molar-refractivity contribution in [3.05, 3.63) is 142 Å². The van der Waals surface area contributed by atoms with Gasteiger partial charge in [-0.3, -0.25) is 9.59 Å². The maximum atomic E-state index is 14.0. The van der Waals surface area contributed by atoms with Gasteiger partial charge in [-0.05, 0) is 53.3 Å². The van der Waals surface area contributed by atoms with Crippen LogP contribution in [-0.4, -0.2) is 16.8 Å². The highest BCUT2D eigenvalue weighted by Gasteiger charge is 2.54. The molecule has 5 nitrogen and oxygen atoms in total. The van der Waals surface area contributed by atoms with Gasteiger partial charge in [0.25, 0.3) is 5.91 Å². The lowest BCUT2D eigenvalue weighted by molar-refractivity contribution is -0.126. The second kappa shape index (κ2) is 10.1. The summed E-state index contributed by atoms with van der Waals surface area (Å²) in [5, 5.41) is 8.62. The molecular formula is C35H29N3O2S. The fraction of sp³-hybridized carbons (Fsp3) is 0.171. The standard InChI is InChI=1S/C35H29N3O2S/c1-35(19-29-25-14-5-7-16-27(25)31(35)28-17-8-6-15-26(28)29)33(40)38-34-37-30(21-41-34)23-12-9-13-24(18-23)32(39)36-20-22-10-3-2-4-11-22/h2-18,21,29,31H,19-20H2,1H3,(H,36,39)(H,37,38,40). The van der Waals surface area contributed by atoms with Crippen LogP contribution in [0.4, 0.5) is 5.13 Å². The van der Waals surface area contributed by atoms with E-state index in [1.54, 1.807) is 6.07 Å². The summed E-state index contributed by atoms with van der Waals surface area (Å²) in [4.78, 5) is 31.5. The van der Waals surface area contributed by atoms with Crippen molar-refractivity contribution in [2.75, 3.05) is 5.32 Å². The van der Waals surface area contributed by atoms with E-state index in [0.717, 1.165) is 23.2 Å². The molecule has 0 fully saturated rings. The van der Waals surface area contributed by atoms with Gasteiger partial charge in [-0.25, -0.2) is 4.98 Å². The molecule has 0 saturated carbocycles. The van der Waals surface area contributed by atoms with Crippen molar-refractivity contribution in [3.63, 3.8) is 0 Å². The number of nitrogens with one attached hydrogen (secondary N) is 2. The highest BCUT2D eigenvalue weighted by Crippen LogP contribution is 2.61. The van der Waals surface area contributed by atoms with Gasteiger partial charge < -0.3 is 10.6 Å². The highest BCUT2D eigenvalue weighted by molar-refractivity contribution is 7.14. The Balaban J connectivity index is 1.10. The largest absolute Gasteiger partial charge is 0.348 e. The Bertz CT molecular complexity index is 1730. The molecule has 1 atom stereocenters. The molecule has 5 aromatic rings. The number of thiazole rings is 1. The Morgan fingerprint density at radius 2 is 1.51 bits per heavy atom. The van der Waals surface area contributed by atoms with E-state index in [-0.39, 0.29) is 23.7 Å². The number of rotatable bonds is 6. The van der Waals surface area contributed by atoms with Crippen LogP contribution in [0, 0.1) is 5.41 Å². The number of hydrogen-bond donors (Lipinski definition) is 2. The molecule has 6 heteroatoms. The summed E-state index contributed by atoms with van der Waals surface area (Å²) >= 11 is 1.40. The summed E-state index contributed by atoms with van der Waals surface area (Å²) in [7, 11) is 0. The second-order valence-electron chi connectivity index (χ2n) is 11.1. The lowest BCUT2D eigenvalue weighted by atomic mass is 9.52. The molecule has 1 aromatic heterocycles. The minimum atomic E-state index is -0.601. The van der Waals surface area contributed by atoms with Gasteiger partial charge in [0.1, 0.15) is 0 Å². The Kier molecular flexibility index (Phi) is 6.28. The van der Waals surface area contributed by atoms with Crippen molar-refractivity contribution in [1.82, 2.24) is 10.3 Å². The number of fused-ring (bicyclic) bond motifs is 1.